The van der Waals surface area contributed by atoms with E-state index in [2.05, 4.69) is 20.9 Å². The van der Waals surface area contributed by atoms with Gasteiger partial charge in [-0.2, -0.15) is 0 Å². The van der Waals surface area contributed by atoms with Gasteiger partial charge in [0.1, 0.15) is 4.47 Å². The van der Waals surface area contributed by atoms with Crippen molar-refractivity contribution >= 4 is 15.9 Å². The Morgan fingerprint density at radius 3 is 2.92 bits per heavy atom. The van der Waals surface area contributed by atoms with Gasteiger partial charge in [-0.1, -0.05) is 0 Å². The highest BCUT2D eigenvalue weighted by molar-refractivity contribution is 9.10. The van der Waals surface area contributed by atoms with Crippen LogP contribution in [-0.4, -0.2) is 15.6 Å². The fourth-order valence-corrected chi connectivity index (χ4v) is 1.32. The van der Waals surface area contributed by atoms with Crippen LogP contribution in [-0.2, 0) is 6.54 Å². The molecule has 0 radical (unpaired) electrons. The molecule has 0 spiro atoms. The van der Waals surface area contributed by atoms with Crippen LogP contribution in [0.4, 0.5) is 0 Å². The summed E-state index contributed by atoms with van der Waals surface area (Å²) in [7, 11) is 0. The Hall–Kier alpha value is -0.680. The summed E-state index contributed by atoms with van der Waals surface area (Å²) in [5.41, 5.74) is 6.20. The normalized spacial score (nSPS) is 12.9. The average molecular weight is 246 g/mol. The van der Waals surface area contributed by atoms with E-state index in [1.54, 1.807) is 6.92 Å². The van der Waals surface area contributed by atoms with Crippen molar-refractivity contribution in [3.63, 3.8) is 0 Å². The van der Waals surface area contributed by atoms with Crippen LogP contribution >= 0.6 is 15.9 Å². The second kappa shape index (κ2) is 4.02. The Morgan fingerprint density at radius 2 is 2.38 bits per heavy atom. The smallest absolute Gasteiger partial charge is 0.267 e. The number of aryl methyl sites for hydroxylation is 1. The zero-order valence-electron chi connectivity index (χ0n) is 7.62. The summed E-state index contributed by atoms with van der Waals surface area (Å²) in [5, 5.41) is 0. The predicted octanol–water partition coefficient (Wildman–Crippen LogP) is 0.661. The van der Waals surface area contributed by atoms with Crippen LogP contribution in [0, 0.1) is 6.92 Å². The third-order valence-electron chi connectivity index (χ3n) is 1.64. The first-order valence-corrected chi connectivity index (χ1v) is 4.78. The molecular weight excluding hydrogens is 234 g/mol. The van der Waals surface area contributed by atoms with Crippen molar-refractivity contribution in [1.29, 1.82) is 0 Å². The molecule has 1 aromatic rings. The number of hydrogen-bond acceptors (Lipinski definition) is 3. The Morgan fingerprint density at radius 1 is 1.77 bits per heavy atom. The van der Waals surface area contributed by atoms with Gasteiger partial charge in [0.25, 0.3) is 5.56 Å². The van der Waals surface area contributed by atoms with Crippen molar-refractivity contribution in [3.05, 3.63) is 26.8 Å². The van der Waals surface area contributed by atoms with Crippen molar-refractivity contribution in [2.24, 2.45) is 5.73 Å². The zero-order valence-corrected chi connectivity index (χ0v) is 9.21. The number of nitrogens with two attached hydrogens (primary N) is 1. The molecule has 72 valence electrons. The lowest BCUT2D eigenvalue weighted by Gasteiger charge is -2.08. The number of nitrogens with zero attached hydrogens (tertiary/aromatic N) is 2. The molecule has 1 aromatic heterocycles. The van der Waals surface area contributed by atoms with Crippen molar-refractivity contribution in [1.82, 2.24) is 9.55 Å². The van der Waals surface area contributed by atoms with Crippen LogP contribution in [0.1, 0.15) is 12.6 Å². The van der Waals surface area contributed by atoms with E-state index in [1.807, 2.05) is 6.92 Å². The maximum atomic E-state index is 11.5. The maximum absolute atomic E-state index is 11.5. The first-order chi connectivity index (χ1) is 6.02. The molecule has 5 heteroatoms. The summed E-state index contributed by atoms with van der Waals surface area (Å²) in [5.74, 6) is 0. The summed E-state index contributed by atoms with van der Waals surface area (Å²) in [6.45, 7) is 4.12. The molecule has 4 nitrogen and oxygen atoms in total. The number of rotatable bonds is 2. The summed E-state index contributed by atoms with van der Waals surface area (Å²) in [4.78, 5) is 15.6. The molecule has 1 unspecified atom stereocenters. The largest absolute Gasteiger partial charge is 0.326 e. The molecule has 0 aliphatic carbocycles. The van der Waals surface area contributed by atoms with Gasteiger partial charge in [-0.25, -0.2) is 4.98 Å². The number of aromatic nitrogens is 2. The number of hydrogen-bond donors (Lipinski definition) is 1. The third-order valence-corrected chi connectivity index (χ3v) is 2.55. The van der Waals surface area contributed by atoms with Crippen molar-refractivity contribution < 1.29 is 0 Å². The lowest BCUT2D eigenvalue weighted by Crippen LogP contribution is -2.30. The quantitative estimate of drug-likeness (QED) is 0.833. The van der Waals surface area contributed by atoms with Gasteiger partial charge >= 0.3 is 0 Å². The minimum absolute atomic E-state index is 0.0471. The summed E-state index contributed by atoms with van der Waals surface area (Å²) >= 11 is 3.18. The molecule has 0 amide bonds. The second-order valence-electron chi connectivity index (χ2n) is 3.08. The molecule has 1 rings (SSSR count). The topological polar surface area (TPSA) is 60.9 Å². The second-order valence-corrected chi connectivity index (χ2v) is 3.87. The highest BCUT2D eigenvalue weighted by Crippen LogP contribution is 2.05. The molecule has 13 heavy (non-hydrogen) atoms. The van der Waals surface area contributed by atoms with Gasteiger partial charge in [0.2, 0.25) is 0 Å². The number of halogens is 1. The van der Waals surface area contributed by atoms with E-state index >= 15 is 0 Å². The lowest BCUT2D eigenvalue weighted by atomic mass is 10.3. The summed E-state index contributed by atoms with van der Waals surface area (Å²) in [6.07, 6.45) is 1.52. The Balaban J connectivity index is 3.12. The van der Waals surface area contributed by atoms with E-state index in [4.69, 9.17) is 5.73 Å². The van der Waals surface area contributed by atoms with E-state index in [1.165, 1.54) is 10.9 Å². The van der Waals surface area contributed by atoms with Crippen LogP contribution < -0.4 is 11.3 Å². The molecule has 1 heterocycles. The summed E-state index contributed by atoms with van der Waals surface area (Å²) in [6, 6.07) is -0.0471. The maximum Gasteiger partial charge on any atom is 0.267 e. The molecule has 0 aromatic carbocycles. The Labute approximate surface area is 84.9 Å². The third kappa shape index (κ3) is 2.38. The molecule has 0 aliphatic rings. The fourth-order valence-electron chi connectivity index (χ4n) is 0.987. The van der Waals surface area contributed by atoms with Gasteiger partial charge < -0.3 is 5.73 Å². The van der Waals surface area contributed by atoms with Crippen LogP contribution in [0.25, 0.3) is 0 Å². The molecule has 0 saturated heterocycles. The lowest BCUT2D eigenvalue weighted by molar-refractivity contribution is 0.562. The highest BCUT2D eigenvalue weighted by atomic mass is 79.9. The van der Waals surface area contributed by atoms with E-state index < -0.39 is 0 Å². The van der Waals surface area contributed by atoms with Gasteiger partial charge in [0, 0.05) is 12.6 Å². The molecule has 1 atom stereocenters. The van der Waals surface area contributed by atoms with Gasteiger partial charge in [-0.05, 0) is 29.8 Å². The first kappa shape index (κ1) is 10.4. The Bertz CT molecular complexity index is 359. The summed E-state index contributed by atoms with van der Waals surface area (Å²) < 4.78 is 2.01. The standard InChI is InChI=1S/C8H12BrN3O/c1-5(10)3-12-4-11-6(2)7(9)8(12)13/h4-5H,3,10H2,1-2H3. The van der Waals surface area contributed by atoms with E-state index in [9.17, 15) is 4.79 Å². The van der Waals surface area contributed by atoms with E-state index in [0.717, 1.165) is 0 Å². The average Bonchev–Trinajstić information content (AvgIpc) is 2.06. The molecule has 0 saturated carbocycles. The van der Waals surface area contributed by atoms with Gasteiger partial charge in [0.15, 0.2) is 0 Å². The van der Waals surface area contributed by atoms with E-state index in [0.29, 0.717) is 16.7 Å². The van der Waals surface area contributed by atoms with Crippen LogP contribution in [0.3, 0.4) is 0 Å². The van der Waals surface area contributed by atoms with Crippen molar-refractivity contribution in [3.8, 4) is 0 Å². The SMILES string of the molecule is Cc1ncn(CC(C)N)c(=O)c1Br. The Kier molecular flexibility index (Phi) is 3.22. The van der Waals surface area contributed by atoms with Crippen molar-refractivity contribution in [2.75, 3.05) is 0 Å². The molecule has 2 N–H and O–H groups in total. The van der Waals surface area contributed by atoms with Gasteiger partial charge in [0.05, 0.1) is 12.0 Å². The fraction of sp³-hybridized carbons (Fsp3) is 0.500. The molecule has 0 bridgehead atoms. The van der Waals surface area contributed by atoms with Gasteiger partial charge in [-0.15, -0.1) is 0 Å². The van der Waals surface area contributed by atoms with Crippen LogP contribution in [0.15, 0.2) is 15.6 Å². The minimum atomic E-state index is -0.0789. The van der Waals surface area contributed by atoms with Gasteiger partial charge in [-0.3, -0.25) is 9.36 Å². The first-order valence-electron chi connectivity index (χ1n) is 3.99. The molecular formula is C8H12BrN3O. The predicted molar refractivity (Wildman–Crippen MR) is 54.6 cm³/mol. The monoisotopic (exact) mass is 245 g/mol. The minimum Gasteiger partial charge on any atom is -0.326 e. The highest BCUT2D eigenvalue weighted by Gasteiger charge is 2.05. The van der Waals surface area contributed by atoms with Crippen LogP contribution in [0.5, 0.6) is 0 Å². The van der Waals surface area contributed by atoms with Crippen molar-refractivity contribution in [2.45, 2.75) is 26.4 Å². The van der Waals surface area contributed by atoms with Crippen LogP contribution in [0.2, 0.25) is 0 Å². The zero-order chi connectivity index (χ0) is 10.0. The molecule has 0 fully saturated rings. The van der Waals surface area contributed by atoms with E-state index in [-0.39, 0.29) is 11.6 Å². The molecule has 0 aliphatic heterocycles.